The highest BCUT2D eigenvalue weighted by Gasteiger charge is 2.14. The number of nitrogens with one attached hydrogen (secondary N) is 1. The normalized spacial score (nSPS) is 10.2. The topological polar surface area (TPSA) is 58.6 Å². The number of carbonyl (C=O) groups excluding carboxylic acids is 2. The lowest BCUT2D eigenvalue weighted by Gasteiger charge is -2.25. The molecule has 0 spiro atoms. The zero-order chi connectivity index (χ0) is 15.1. The molecule has 0 heterocycles. The Balaban J connectivity index is 2.57. The second-order valence-electron chi connectivity index (χ2n) is 4.80. The number of methoxy groups -OCH3 is 1. The molecule has 110 valence electrons. The Hall–Kier alpha value is -2.04. The molecule has 2 amide bonds. The molecule has 1 N–H and O–H groups in total. The van der Waals surface area contributed by atoms with Gasteiger partial charge in [-0.3, -0.25) is 9.59 Å². The van der Waals surface area contributed by atoms with Crippen molar-refractivity contribution in [2.24, 2.45) is 0 Å². The number of amides is 2. The Labute approximate surface area is 119 Å². The summed E-state index contributed by atoms with van der Waals surface area (Å²) in [5.41, 5.74) is 0.638. The van der Waals surface area contributed by atoms with E-state index < -0.39 is 0 Å². The van der Waals surface area contributed by atoms with Crippen LogP contribution < -0.4 is 10.1 Å². The quantitative estimate of drug-likeness (QED) is 0.868. The van der Waals surface area contributed by atoms with Crippen LogP contribution in [0.25, 0.3) is 0 Å². The second-order valence-corrected chi connectivity index (χ2v) is 4.80. The van der Waals surface area contributed by atoms with Crippen LogP contribution in [-0.2, 0) is 9.59 Å². The van der Waals surface area contributed by atoms with Crippen LogP contribution in [-0.4, -0.2) is 36.4 Å². The van der Waals surface area contributed by atoms with Crippen molar-refractivity contribution in [3.05, 3.63) is 24.3 Å². The van der Waals surface area contributed by atoms with E-state index in [-0.39, 0.29) is 24.3 Å². The number of para-hydroxylation sites is 2. The summed E-state index contributed by atoms with van der Waals surface area (Å²) < 4.78 is 5.17. The summed E-state index contributed by atoms with van der Waals surface area (Å²) in [6, 6.07) is 7.32. The van der Waals surface area contributed by atoms with Gasteiger partial charge in [-0.1, -0.05) is 12.1 Å². The van der Waals surface area contributed by atoms with Gasteiger partial charge >= 0.3 is 0 Å². The van der Waals surface area contributed by atoms with Gasteiger partial charge in [-0.05, 0) is 26.0 Å². The molecular formula is C15H22N2O3. The number of nitrogens with zero attached hydrogens (tertiary/aromatic N) is 1. The summed E-state index contributed by atoms with van der Waals surface area (Å²) >= 11 is 0. The number of hydrogen-bond acceptors (Lipinski definition) is 3. The van der Waals surface area contributed by atoms with Crippen molar-refractivity contribution in [2.45, 2.75) is 33.2 Å². The number of carbonyl (C=O) groups is 2. The first-order valence-corrected chi connectivity index (χ1v) is 6.65. The third-order valence-corrected chi connectivity index (χ3v) is 2.99. The summed E-state index contributed by atoms with van der Waals surface area (Å²) in [5.74, 6) is 0.458. The lowest BCUT2D eigenvalue weighted by atomic mass is 10.2. The van der Waals surface area contributed by atoms with Crippen molar-refractivity contribution in [3.63, 3.8) is 0 Å². The number of benzene rings is 1. The Morgan fingerprint density at radius 3 is 2.50 bits per heavy atom. The van der Waals surface area contributed by atoms with Crippen LogP contribution >= 0.6 is 0 Å². The smallest absolute Gasteiger partial charge is 0.226 e. The number of ether oxygens (including phenoxy) is 1. The van der Waals surface area contributed by atoms with Gasteiger partial charge in [0.25, 0.3) is 0 Å². The van der Waals surface area contributed by atoms with Gasteiger partial charge in [-0.25, -0.2) is 0 Å². The number of rotatable bonds is 6. The predicted octanol–water partition coefficient (Wildman–Crippen LogP) is 2.28. The molecule has 0 fully saturated rings. The highest BCUT2D eigenvalue weighted by Crippen LogP contribution is 2.23. The Morgan fingerprint density at radius 2 is 1.95 bits per heavy atom. The first-order valence-electron chi connectivity index (χ1n) is 6.65. The molecule has 1 rings (SSSR count). The third-order valence-electron chi connectivity index (χ3n) is 2.99. The van der Waals surface area contributed by atoms with Crippen molar-refractivity contribution in [1.82, 2.24) is 4.90 Å². The van der Waals surface area contributed by atoms with Crippen LogP contribution in [0.15, 0.2) is 24.3 Å². The Morgan fingerprint density at radius 1 is 1.30 bits per heavy atom. The summed E-state index contributed by atoms with van der Waals surface area (Å²) in [5, 5.41) is 2.79. The fourth-order valence-electron chi connectivity index (χ4n) is 1.96. The summed E-state index contributed by atoms with van der Waals surface area (Å²) in [6.07, 6.45) is 0.260. The van der Waals surface area contributed by atoms with E-state index in [1.807, 2.05) is 26.0 Å². The standard InChI is InChI=1S/C15H22N2O3/c1-11(2)17(12(3)18)10-9-15(19)16-13-7-5-6-8-14(13)20-4/h5-8,11H,9-10H2,1-4H3,(H,16,19). The van der Waals surface area contributed by atoms with E-state index >= 15 is 0 Å². The summed E-state index contributed by atoms with van der Waals surface area (Å²) in [7, 11) is 1.56. The number of hydrogen-bond donors (Lipinski definition) is 1. The van der Waals surface area contributed by atoms with Crippen molar-refractivity contribution in [3.8, 4) is 5.75 Å². The molecule has 5 heteroatoms. The van der Waals surface area contributed by atoms with Crippen molar-refractivity contribution >= 4 is 17.5 Å². The molecule has 0 bridgehead atoms. The fraction of sp³-hybridized carbons (Fsp3) is 0.467. The molecular weight excluding hydrogens is 256 g/mol. The van der Waals surface area contributed by atoms with E-state index in [9.17, 15) is 9.59 Å². The highest BCUT2D eigenvalue weighted by molar-refractivity contribution is 5.92. The minimum Gasteiger partial charge on any atom is -0.495 e. The lowest BCUT2D eigenvalue weighted by molar-refractivity contribution is -0.130. The van der Waals surface area contributed by atoms with Crippen molar-refractivity contribution in [1.29, 1.82) is 0 Å². The first-order chi connectivity index (χ1) is 9.45. The van der Waals surface area contributed by atoms with E-state index in [4.69, 9.17) is 4.74 Å². The predicted molar refractivity (Wildman–Crippen MR) is 78.8 cm³/mol. The molecule has 0 saturated carbocycles. The number of anilines is 1. The molecule has 0 aliphatic carbocycles. The van der Waals surface area contributed by atoms with Gasteiger partial charge in [0.2, 0.25) is 11.8 Å². The zero-order valence-corrected chi connectivity index (χ0v) is 12.5. The third kappa shape index (κ3) is 4.57. The van der Waals surface area contributed by atoms with E-state index in [0.29, 0.717) is 18.0 Å². The van der Waals surface area contributed by atoms with Crippen LogP contribution in [0, 0.1) is 0 Å². The van der Waals surface area contributed by atoms with E-state index in [0.717, 1.165) is 0 Å². The van der Waals surface area contributed by atoms with Crippen LogP contribution in [0.4, 0.5) is 5.69 Å². The second kappa shape index (κ2) is 7.53. The van der Waals surface area contributed by atoms with Gasteiger partial charge in [-0.2, -0.15) is 0 Å². The zero-order valence-electron chi connectivity index (χ0n) is 12.5. The lowest BCUT2D eigenvalue weighted by Crippen LogP contribution is -2.37. The Kier molecular flexibility index (Phi) is 6.03. The average molecular weight is 278 g/mol. The molecule has 1 aromatic rings. The minimum atomic E-state index is -0.138. The van der Waals surface area contributed by atoms with Gasteiger partial charge in [0, 0.05) is 25.9 Å². The first kappa shape index (κ1) is 16.0. The molecule has 0 aromatic heterocycles. The molecule has 0 aliphatic heterocycles. The maximum Gasteiger partial charge on any atom is 0.226 e. The fourth-order valence-corrected chi connectivity index (χ4v) is 1.96. The average Bonchev–Trinajstić information content (AvgIpc) is 2.38. The Bertz CT molecular complexity index is 472. The molecule has 0 saturated heterocycles. The maximum atomic E-state index is 11.9. The highest BCUT2D eigenvalue weighted by atomic mass is 16.5. The van der Waals surface area contributed by atoms with Crippen LogP contribution in [0.1, 0.15) is 27.2 Å². The molecule has 1 aromatic carbocycles. The van der Waals surface area contributed by atoms with Crippen LogP contribution in [0.2, 0.25) is 0 Å². The van der Waals surface area contributed by atoms with E-state index in [1.165, 1.54) is 6.92 Å². The molecule has 0 atom stereocenters. The van der Waals surface area contributed by atoms with Gasteiger partial charge in [0.05, 0.1) is 12.8 Å². The molecule has 0 radical (unpaired) electrons. The molecule has 5 nitrogen and oxygen atoms in total. The van der Waals surface area contributed by atoms with E-state index in [1.54, 1.807) is 24.1 Å². The maximum absolute atomic E-state index is 11.9. The van der Waals surface area contributed by atoms with Gasteiger partial charge in [0.15, 0.2) is 0 Å². The van der Waals surface area contributed by atoms with Crippen LogP contribution in [0.5, 0.6) is 5.75 Å². The van der Waals surface area contributed by atoms with Gasteiger partial charge in [0.1, 0.15) is 5.75 Å². The SMILES string of the molecule is COc1ccccc1NC(=O)CCN(C(C)=O)C(C)C. The summed E-state index contributed by atoms with van der Waals surface area (Å²) in [6.45, 7) is 5.78. The summed E-state index contributed by atoms with van der Waals surface area (Å²) in [4.78, 5) is 25.0. The van der Waals surface area contributed by atoms with Gasteiger partial charge < -0.3 is 15.0 Å². The van der Waals surface area contributed by atoms with Crippen molar-refractivity contribution in [2.75, 3.05) is 19.0 Å². The molecule has 20 heavy (non-hydrogen) atoms. The van der Waals surface area contributed by atoms with Crippen molar-refractivity contribution < 1.29 is 14.3 Å². The minimum absolute atomic E-state index is 0.0231. The molecule has 0 unspecified atom stereocenters. The largest absolute Gasteiger partial charge is 0.495 e. The molecule has 0 aliphatic rings. The van der Waals surface area contributed by atoms with E-state index in [2.05, 4.69) is 5.32 Å². The van der Waals surface area contributed by atoms with Crippen LogP contribution in [0.3, 0.4) is 0 Å². The van der Waals surface area contributed by atoms with Gasteiger partial charge in [-0.15, -0.1) is 0 Å². The monoisotopic (exact) mass is 278 g/mol.